The molecule has 20 heavy (non-hydrogen) atoms. The maximum atomic E-state index is 12.2. The summed E-state index contributed by atoms with van der Waals surface area (Å²) in [5.74, 6) is 0.315. The van der Waals surface area contributed by atoms with Crippen LogP contribution in [-0.4, -0.2) is 23.9 Å². The molecule has 0 aliphatic carbocycles. The summed E-state index contributed by atoms with van der Waals surface area (Å²) >= 11 is 0. The standard InChI is InChI=1S/C18H31NO/c1-7-13-19(18(20)17(6)8-2)14-12-16(5)11-9-10-15(3)4/h7,10,12,17H,1,8-9,11,13-14H2,2-6H3/b16-12+. The van der Waals surface area contributed by atoms with Crippen molar-refractivity contribution in [3.63, 3.8) is 0 Å². The van der Waals surface area contributed by atoms with Crippen LogP contribution in [0.1, 0.15) is 53.9 Å². The third-order valence-corrected chi connectivity index (χ3v) is 3.45. The smallest absolute Gasteiger partial charge is 0.225 e. The van der Waals surface area contributed by atoms with Gasteiger partial charge in [-0.05, 0) is 40.0 Å². The molecular weight excluding hydrogens is 246 g/mol. The van der Waals surface area contributed by atoms with Crippen molar-refractivity contribution in [3.8, 4) is 0 Å². The van der Waals surface area contributed by atoms with Gasteiger partial charge in [0.05, 0.1) is 0 Å². The zero-order chi connectivity index (χ0) is 15.5. The Balaban J connectivity index is 4.48. The first-order chi connectivity index (χ1) is 9.42. The number of carbonyl (C=O) groups excluding carboxylic acids is 1. The van der Waals surface area contributed by atoms with E-state index in [1.807, 2.05) is 11.8 Å². The molecule has 0 aromatic heterocycles. The summed E-state index contributed by atoms with van der Waals surface area (Å²) in [6.07, 6.45) is 9.24. The molecule has 0 saturated carbocycles. The molecule has 0 radical (unpaired) electrons. The fraction of sp³-hybridized carbons (Fsp3) is 0.611. The zero-order valence-electron chi connectivity index (χ0n) is 13.9. The highest BCUT2D eigenvalue weighted by Crippen LogP contribution is 2.10. The quantitative estimate of drug-likeness (QED) is 0.557. The molecule has 1 unspecified atom stereocenters. The van der Waals surface area contributed by atoms with E-state index in [0.29, 0.717) is 13.1 Å². The van der Waals surface area contributed by atoms with Crippen molar-refractivity contribution >= 4 is 5.91 Å². The summed E-state index contributed by atoms with van der Waals surface area (Å²) < 4.78 is 0. The van der Waals surface area contributed by atoms with Crippen LogP contribution in [-0.2, 0) is 4.79 Å². The minimum Gasteiger partial charge on any atom is -0.335 e. The van der Waals surface area contributed by atoms with Gasteiger partial charge in [0.2, 0.25) is 5.91 Å². The second-order valence-electron chi connectivity index (χ2n) is 5.71. The van der Waals surface area contributed by atoms with Crippen molar-refractivity contribution in [2.24, 2.45) is 5.92 Å². The maximum Gasteiger partial charge on any atom is 0.225 e. The molecule has 1 atom stereocenters. The number of hydrogen-bond donors (Lipinski definition) is 0. The van der Waals surface area contributed by atoms with Crippen molar-refractivity contribution in [1.29, 1.82) is 0 Å². The van der Waals surface area contributed by atoms with Gasteiger partial charge < -0.3 is 4.90 Å². The lowest BCUT2D eigenvalue weighted by Gasteiger charge is -2.23. The molecule has 0 aliphatic heterocycles. The topological polar surface area (TPSA) is 20.3 Å². The van der Waals surface area contributed by atoms with E-state index in [-0.39, 0.29) is 11.8 Å². The van der Waals surface area contributed by atoms with Gasteiger partial charge >= 0.3 is 0 Å². The van der Waals surface area contributed by atoms with Crippen LogP contribution in [0.25, 0.3) is 0 Å². The third-order valence-electron chi connectivity index (χ3n) is 3.45. The van der Waals surface area contributed by atoms with Crippen molar-refractivity contribution in [3.05, 3.63) is 36.0 Å². The summed E-state index contributed by atoms with van der Waals surface area (Å²) in [7, 11) is 0. The highest BCUT2D eigenvalue weighted by molar-refractivity contribution is 5.78. The molecule has 0 rings (SSSR count). The number of hydrogen-bond acceptors (Lipinski definition) is 1. The molecule has 0 aliphatic rings. The van der Waals surface area contributed by atoms with E-state index in [2.05, 4.69) is 46.4 Å². The van der Waals surface area contributed by atoms with Crippen molar-refractivity contribution in [1.82, 2.24) is 4.90 Å². The first kappa shape index (κ1) is 18.7. The molecule has 0 bridgehead atoms. The molecule has 0 fully saturated rings. The van der Waals surface area contributed by atoms with Crippen LogP contribution in [0.2, 0.25) is 0 Å². The molecule has 1 amide bonds. The van der Waals surface area contributed by atoms with E-state index in [0.717, 1.165) is 19.3 Å². The Morgan fingerprint density at radius 2 is 1.85 bits per heavy atom. The molecule has 114 valence electrons. The van der Waals surface area contributed by atoms with Crippen molar-refractivity contribution < 1.29 is 4.79 Å². The van der Waals surface area contributed by atoms with Gasteiger partial charge in [-0.15, -0.1) is 6.58 Å². The van der Waals surface area contributed by atoms with Gasteiger partial charge in [0.1, 0.15) is 0 Å². The van der Waals surface area contributed by atoms with Gasteiger partial charge in [-0.1, -0.05) is 43.2 Å². The number of nitrogens with zero attached hydrogens (tertiary/aromatic N) is 1. The van der Waals surface area contributed by atoms with Crippen LogP contribution in [0.3, 0.4) is 0 Å². The first-order valence-corrected chi connectivity index (χ1v) is 7.61. The third kappa shape index (κ3) is 7.98. The number of rotatable bonds is 9. The second kappa shape index (κ2) is 10.5. The molecule has 2 heteroatoms. The second-order valence-corrected chi connectivity index (χ2v) is 5.71. The van der Waals surface area contributed by atoms with E-state index < -0.39 is 0 Å². The fourth-order valence-corrected chi connectivity index (χ4v) is 1.85. The maximum absolute atomic E-state index is 12.2. The van der Waals surface area contributed by atoms with E-state index in [1.54, 1.807) is 6.08 Å². The summed E-state index contributed by atoms with van der Waals surface area (Å²) in [5.41, 5.74) is 2.70. The molecule has 0 spiro atoms. The summed E-state index contributed by atoms with van der Waals surface area (Å²) in [5, 5.41) is 0. The monoisotopic (exact) mass is 277 g/mol. The number of amides is 1. The Morgan fingerprint density at radius 1 is 1.20 bits per heavy atom. The van der Waals surface area contributed by atoms with Crippen LogP contribution in [0.5, 0.6) is 0 Å². The fourth-order valence-electron chi connectivity index (χ4n) is 1.85. The zero-order valence-corrected chi connectivity index (χ0v) is 13.9. The minimum atomic E-state index is 0.0920. The Labute approximate surface area is 125 Å². The molecule has 0 saturated heterocycles. The summed E-state index contributed by atoms with van der Waals surface area (Å²) in [6, 6.07) is 0. The Morgan fingerprint density at radius 3 is 2.35 bits per heavy atom. The van der Waals surface area contributed by atoms with Crippen LogP contribution >= 0.6 is 0 Å². The molecule has 0 aromatic rings. The van der Waals surface area contributed by atoms with Crippen LogP contribution in [0, 0.1) is 5.92 Å². The average molecular weight is 277 g/mol. The largest absolute Gasteiger partial charge is 0.335 e. The van der Waals surface area contributed by atoms with Crippen LogP contribution in [0.15, 0.2) is 36.0 Å². The Hall–Kier alpha value is -1.31. The Bertz CT molecular complexity index is 362. The molecule has 0 heterocycles. The van der Waals surface area contributed by atoms with Gasteiger partial charge in [-0.3, -0.25) is 4.79 Å². The first-order valence-electron chi connectivity index (χ1n) is 7.61. The molecule has 2 nitrogen and oxygen atoms in total. The predicted octanol–water partition coefficient (Wildman–Crippen LogP) is 4.74. The predicted molar refractivity (Wildman–Crippen MR) is 88.7 cm³/mol. The van der Waals surface area contributed by atoms with Crippen molar-refractivity contribution in [2.45, 2.75) is 53.9 Å². The minimum absolute atomic E-state index is 0.0920. The van der Waals surface area contributed by atoms with E-state index in [4.69, 9.17) is 0 Å². The van der Waals surface area contributed by atoms with Gasteiger partial charge in [0.25, 0.3) is 0 Å². The average Bonchev–Trinajstić information content (AvgIpc) is 2.41. The number of allylic oxidation sites excluding steroid dienone is 3. The highest BCUT2D eigenvalue weighted by atomic mass is 16.2. The molecule has 0 aromatic carbocycles. The summed E-state index contributed by atoms with van der Waals surface area (Å²) in [4.78, 5) is 14.1. The highest BCUT2D eigenvalue weighted by Gasteiger charge is 2.16. The van der Waals surface area contributed by atoms with Gasteiger partial charge in [0.15, 0.2) is 0 Å². The number of carbonyl (C=O) groups is 1. The van der Waals surface area contributed by atoms with E-state index in [1.165, 1.54) is 11.1 Å². The lowest BCUT2D eigenvalue weighted by Crippen LogP contribution is -2.35. The van der Waals surface area contributed by atoms with Crippen LogP contribution < -0.4 is 0 Å². The van der Waals surface area contributed by atoms with Gasteiger partial charge in [0, 0.05) is 19.0 Å². The Kier molecular flexibility index (Phi) is 9.79. The van der Waals surface area contributed by atoms with E-state index >= 15 is 0 Å². The van der Waals surface area contributed by atoms with Crippen LogP contribution in [0.4, 0.5) is 0 Å². The van der Waals surface area contributed by atoms with Crippen molar-refractivity contribution in [2.75, 3.05) is 13.1 Å². The van der Waals surface area contributed by atoms with E-state index in [9.17, 15) is 4.79 Å². The SMILES string of the molecule is C=CCN(C/C=C(\C)CCC=C(C)C)C(=O)C(C)CC. The summed E-state index contributed by atoms with van der Waals surface area (Å²) in [6.45, 7) is 15.5. The lowest BCUT2D eigenvalue weighted by atomic mass is 10.1. The van der Waals surface area contributed by atoms with Gasteiger partial charge in [-0.25, -0.2) is 0 Å². The normalized spacial score (nSPS) is 12.8. The lowest BCUT2D eigenvalue weighted by molar-refractivity contribution is -0.134. The molecule has 0 N–H and O–H groups in total. The van der Waals surface area contributed by atoms with Gasteiger partial charge in [-0.2, -0.15) is 0 Å². The molecular formula is C18H31NO.